The van der Waals surface area contributed by atoms with E-state index in [0.717, 1.165) is 31.8 Å². The quantitative estimate of drug-likeness (QED) is 0.197. The van der Waals surface area contributed by atoms with Crippen molar-refractivity contribution in [1.82, 2.24) is 19.5 Å². The highest BCUT2D eigenvalue weighted by Gasteiger charge is 2.53. The van der Waals surface area contributed by atoms with Gasteiger partial charge in [0.15, 0.2) is 0 Å². The molecule has 0 unspecified atom stereocenters. The van der Waals surface area contributed by atoms with Crippen LogP contribution in [-0.4, -0.2) is 73.2 Å². The zero-order valence-electron chi connectivity index (χ0n) is 25.8. The predicted molar refractivity (Wildman–Crippen MR) is 177 cm³/mol. The van der Waals surface area contributed by atoms with Gasteiger partial charge in [-0.3, -0.25) is 9.69 Å². The molecule has 1 amide bonds. The number of anilines is 1. The summed E-state index contributed by atoms with van der Waals surface area (Å²) in [6.07, 6.45) is -5.51. The lowest BCUT2D eigenvalue weighted by Crippen LogP contribution is -2.46. The molecule has 2 aromatic carbocycles. The number of pyridine rings is 1. The van der Waals surface area contributed by atoms with Crippen molar-refractivity contribution in [3.8, 4) is 11.3 Å². The van der Waals surface area contributed by atoms with E-state index in [0.29, 0.717) is 51.4 Å². The fraction of sp³-hybridized carbons (Fsp3) is 0.333. The summed E-state index contributed by atoms with van der Waals surface area (Å²) in [4.78, 5) is 22.4. The SMILES string of the molecule is O=C(NCc1cc(-c2ccc(C(F)(F)F)cc2)nc(N2CCN(Cc3ccccc3)CC2)c1)[C@@H]1CC(F)(F)CN1S(=O)(=O)c1ccc(Cl)s1. The highest BCUT2D eigenvalue weighted by atomic mass is 35.5. The van der Waals surface area contributed by atoms with Crippen LogP contribution in [0.4, 0.5) is 27.8 Å². The lowest BCUT2D eigenvalue weighted by molar-refractivity contribution is -0.137. The second-order valence-corrected chi connectivity index (χ2v) is 15.8. The minimum atomic E-state index is -4.52. The minimum absolute atomic E-state index is 0.153. The molecule has 6 rings (SSSR count). The summed E-state index contributed by atoms with van der Waals surface area (Å²) >= 11 is 6.59. The zero-order valence-corrected chi connectivity index (χ0v) is 28.2. The number of halogens is 6. The molecule has 2 saturated heterocycles. The maximum Gasteiger partial charge on any atom is 0.416 e. The van der Waals surface area contributed by atoms with Crippen molar-refractivity contribution < 1.29 is 35.2 Å². The third-order valence-corrected chi connectivity index (χ3v) is 12.0. The van der Waals surface area contributed by atoms with Gasteiger partial charge in [0, 0.05) is 51.3 Å². The molecule has 260 valence electrons. The summed E-state index contributed by atoms with van der Waals surface area (Å²) in [5.41, 5.74) is 1.64. The van der Waals surface area contributed by atoms with Gasteiger partial charge in [0.2, 0.25) is 5.91 Å². The summed E-state index contributed by atoms with van der Waals surface area (Å²) in [6.45, 7) is 2.12. The molecule has 0 radical (unpaired) electrons. The summed E-state index contributed by atoms with van der Waals surface area (Å²) in [5.74, 6) is -3.81. The van der Waals surface area contributed by atoms with Crippen molar-refractivity contribution in [3.63, 3.8) is 0 Å². The zero-order chi connectivity index (χ0) is 35.0. The fourth-order valence-corrected chi connectivity index (χ4v) is 9.14. The Morgan fingerprint density at radius 2 is 1.65 bits per heavy atom. The average Bonchev–Trinajstić information content (AvgIpc) is 3.67. The number of benzene rings is 2. The van der Waals surface area contributed by atoms with Crippen molar-refractivity contribution in [2.24, 2.45) is 0 Å². The molecule has 2 aliphatic rings. The summed E-state index contributed by atoms with van der Waals surface area (Å²) in [7, 11) is -4.44. The van der Waals surface area contributed by atoms with E-state index in [1.807, 2.05) is 23.1 Å². The van der Waals surface area contributed by atoms with Crippen molar-refractivity contribution in [3.05, 3.63) is 99.9 Å². The summed E-state index contributed by atoms with van der Waals surface area (Å²) in [6, 6.07) is 18.8. The van der Waals surface area contributed by atoms with Gasteiger partial charge in [-0.15, -0.1) is 11.3 Å². The lowest BCUT2D eigenvalue weighted by Gasteiger charge is -2.35. The monoisotopic (exact) mass is 739 g/mol. The predicted octanol–water partition coefficient (Wildman–Crippen LogP) is 6.52. The molecule has 16 heteroatoms. The number of nitrogens with zero attached hydrogens (tertiary/aromatic N) is 4. The van der Waals surface area contributed by atoms with Crippen LogP contribution < -0.4 is 10.2 Å². The molecule has 2 fully saturated rings. The van der Waals surface area contributed by atoms with Gasteiger partial charge in [0.1, 0.15) is 16.1 Å². The first-order valence-electron chi connectivity index (χ1n) is 15.3. The van der Waals surface area contributed by atoms with Crippen LogP contribution in [0.15, 0.2) is 83.1 Å². The summed E-state index contributed by atoms with van der Waals surface area (Å²) in [5, 5.41) is 2.61. The Hall–Kier alpha value is -3.63. The van der Waals surface area contributed by atoms with Gasteiger partial charge >= 0.3 is 6.18 Å². The standard InChI is InChI=1S/C33H31ClF5N5O3S2/c34-28-10-11-30(48-28)49(46,47)44-21-32(35,36)18-27(44)31(45)40-19-23-16-26(24-6-8-25(9-7-24)33(37,38)39)41-29(17-23)43-14-12-42(13-15-43)20-22-4-2-1-3-5-22/h1-11,16-17,27H,12-15,18-21H2,(H,40,45)/t27-/m0/s1. The Bertz CT molecular complexity index is 1900. The Morgan fingerprint density at radius 1 is 0.959 bits per heavy atom. The van der Waals surface area contributed by atoms with Gasteiger partial charge in [0.25, 0.3) is 15.9 Å². The fourth-order valence-electron chi connectivity index (χ4n) is 5.91. The van der Waals surface area contributed by atoms with Gasteiger partial charge in [0.05, 0.1) is 22.1 Å². The number of hydrogen-bond acceptors (Lipinski definition) is 7. The van der Waals surface area contributed by atoms with E-state index in [2.05, 4.69) is 22.3 Å². The number of hydrogen-bond donors (Lipinski definition) is 1. The molecule has 4 heterocycles. The molecule has 8 nitrogen and oxygen atoms in total. The Kier molecular flexibility index (Phi) is 10.0. The lowest BCUT2D eigenvalue weighted by atomic mass is 10.1. The second kappa shape index (κ2) is 13.9. The molecule has 49 heavy (non-hydrogen) atoms. The number of piperazine rings is 1. The van der Waals surface area contributed by atoms with Crippen LogP contribution in [0.1, 0.15) is 23.1 Å². The number of amides is 1. The number of nitrogens with one attached hydrogen (secondary N) is 1. The molecule has 0 aliphatic carbocycles. The first-order chi connectivity index (χ1) is 23.2. The van der Waals surface area contributed by atoms with Crippen LogP contribution >= 0.6 is 22.9 Å². The van der Waals surface area contributed by atoms with E-state index in [-0.39, 0.29) is 15.1 Å². The van der Waals surface area contributed by atoms with Crippen molar-refractivity contribution in [2.45, 2.75) is 41.9 Å². The van der Waals surface area contributed by atoms with E-state index in [9.17, 15) is 35.2 Å². The molecular formula is C33H31ClF5N5O3S2. The molecule has 0 saturated carbocycles. The number of carbonyl (C=O) groups is 1. The highest BCUT2D eigenvalue weighted by molar-refractivity contribution is 7.91. The average molecular weight is 740 g/mol. The Labute approximate surface area is 289 Å². The smallest absolute Gasteiger partial charge is 0.354 e. The third-order valence-electron chi connectivity index (χ3n) is 8.43. The van der Waals surface area contributed by atoms with Crippen LogP contribution in [0.5, 0.6) is 0 Å². The molecular weight excluding hydrogens is 709 g/mol. The van der Waals surface area contributed by atoms with E-state index in [4.69, 9.17) is 16.6 Å². The maximum atomic E-state index is 14.6. The minimum Gasteiger partial charge on any atom is -0.354 e. The number of aromatic nitrogens is 1. The number of alkyl halides is 5. The Morgan fingerprint density at radius 3 is 2.29 bits per heavy atom. The molecule has 1 atom stereocenters. The number of carbonyl (C=O) groups excluding carboxylic acids is 1. The normalized spacial score (nSPS) is 18.9. The van der Waals surface area contributed by atoms with Crippen molar-refractivity contribution in [2.75, 3.05) is 37.6 Å². The van der Waals surface area contributed by atoms with Crippen molar-refractivity contribution in [1.29, 1.82) is 0 Å². The molecule has 2 aliphatic heterocycles. The highest BCUT2D eigenvalue weighted by Crippen LogP contribution is 2.38. The van der Waals surface area contributed by atoms with Gasteiger partial charge in [-0.05, 0) is 47.5 Å². The Balaban J connectivity index is 1.23. The van der Waals surface area contributed by atoms with Gasteiger partial charge in [-0.25, -0.2) is 22.2 Å². The van der Waals surface area contributed by atoms with E-state index in [1.54, 1.807) is 12.1 Å². The van der Waals surface area contributed by atoms with Crippen LogP contribution in [0.2, 0.25) is 4.34 Å². The number of thiophene rings is 1. The van der Waals surface area contributed by atoms with E-state index in [1.165, 1.54) is 29.8 Å². The first-order valence-corrected chi connectivity index (χ1v) is 17.9. The summed E-state index contributed by atoms with van der Waals surface area (Å²) < 4.78 is 95.8. The van der Waals surface area contributed by atoms with E-state index >= 15 is 0 Å². The van der Waals surface area contributed by atoms with E-state index < -0.39 is 52.6 Å². The van der Waals surface area contributed by atoms with Gasteiger partial charge < -0.3 is 10.2 Å². The molecule has 0 spiro atoms. The molecule has 1 N–H and O–H groups in total. The van der Waals surface area contributed by atoms with Crippen LogP contribution in [0, 0.1) is 0 Å². The largest absolute Gasteiger partial charge is 0.416 e. The molecule has 4 aromatic rings. The topological polar surface area (TPSA) is 85.8 Å². The van der Waals surface area contributed by atoms with Crippen molar-refractivity contribution >= 4 is 44.7 Å². The third kappa shape index (κ3) is 8.23. The molecule has 0 bridgehead atoms. The molecule has 2 aromatic heterocycles. The first kappa shape index (κ1) is 35.2. The number of sulfonamides is 1. The maximum absolute atomic E-state index is 14.6. The second-order valence-electron chi connectivity index (χ2n) is 11.9. The van der Waals surface area contributed by atoms with Gasteiger partial charge in [-0.2, -0.15) is 17.5 Å². The van der Waals surface area contributed by atoms with Crippen LogP contribution in [0.3, 0.4) is 0 Å². The van der Waals surface area contributed by atoms with Crippen LogP contribution in [-0.2, 0) is 34.1 Å². The van der Waals surface area contributed by atoms with Gasteiger partial charge in [-0.1, -0.05) is 54.1 Å². The van der Waals surface area contributed by atoms with Crippen LogP contribution in [0.25, 0.3) is 11.3 Å². The number of rotatable bonds is 9.